The molecular weight excluding hydrogens is 418 g/mol. The van der Waals surface area contributed by atoms with E-state index in [-0.39, 0.29) is 22.3 Å². The summed E-state index contributed by atoms with van der Waals surface area (Å²) in [4.78, 5) is 23.6. The first kappa shape index (κ1) is 22.4. The first-order chi connectivity index (χ1) is 13.8. The Morgan fingerprint density at radius 3 is 2.31 bits per heavy atom. The fourth-order valence-electron chi connectivity index (χ4n) is 1.97. The molecule has 0 heterocycles. The highest BCUT2D eigenvalue weighted by atomic mass is 32.2. The number of aryl methyl sites for hydroxylation is 1. The van der Waals surface area contributed by atoms with E-state index in [0.717, 1.165) is 24.4 Å². The molecule has 0 saturated carbocycles. The summed E-state index contributed by atoms with van der Waals surface area (Å²) >= 11 is 0.839. The van der Waals surface area contributed by atoms with Gasteiger partial charge in [-0.05, 0) is 31.2 Å². The molecule has 0 radical (unpaired) electrons. The quantitative estimate of drug-likeness (QED) is 0.214. The average Bonchev–Trinajstić information content (AvgIpc) is 2.73. The van der Waals surface area contributed by atoms with Crippen LogP contribution < -0.4 is 0 Å². The van der Waals surface area contributed by atoms with Crippen LogP contribution in [0, 0.1) is 6.92 Å². The van der Waals surface area contributed by atoms with Crippen LogP contribution >= 0.6 is 11.8 Å². The van der Waals surface area contributed by atoms with Crippen LogP contribution in [0.25, 0.3) is 0 Å². The first-order valence-corrected chi connectivity index (χ1v) is 10.7. The normalized spacial score (nSPS) is 11.6. The van der Waals surface area contributed by atoms with Gasteiger partial charge in [-0.25, -0.2) is 9.59 Å². The van der Waals surface area contributed by atoms with E-state index in [0.29, 0.717) is 5.56 Å². The van der Waals surface area contributed by atoms with Gasteiger partial charge in [0.1, 0.15) is 11.5 Å². The van der Waals surface area contributed by atoms with E-state index in [1.165, 1.54) is 12.1 Å². The van der Waals surface area contributed by atoms with Crippen molar-refractivity contribution in [3.05, 3.63) is 65.7 Å². The van der Waals surface area contributed by atoms with Crippen LogP contribution in [0.5, 0.6) is 0 Å². The Balaban J connectivity index is 1.95. The fourth-order valence-corrected chi connectivity index (χ4v) is 3.40. The highest BCUT2D eigenvalue weighted by molar-refractivity contribution is 8.15. The van der Waals surface area contributed by atoms with E-state index in [4.69, 9.17) is 4.74 Å². The van der Waals surface area contributed by atoms with Crippen molar-refractivity contribution in [1.82, 2.24) is 0 Å². The summed E-state index contributed by atoms with van der Waals surface area (Å²) < 4.78 is 38.6. The number of esters is 2. The minimum Gasteiger partial charge on any atom is -0.464 e. The molecule has 2 rings (SSSR count). The Bertz CT molecular complexity index is 971. The van der Waals surface area contributed by atoms with Gasteiger partial charge in [0.25, 0.3) is 0 Å². The van der Waals surface area contributed by atoms with Gasteiger partial charge in [0.15, 0.2) is 0 Å². The second kappa shape index (κ2) is 10.6. The molecule has 0 fully saturated rings. The van der Waals surface area contributed by atoms with Gasteiger partial charge in [-0.3, -0.25) is 4.28 Å². The largest absolute Gasteiger partial charge is 0.464 e. The fraction of sp³-hybridized carbons (Fsp3) is 0.211. The number of thioether (sulfide) groups is 1. The van der Waals surface area contributed by atoms with Crippen molar-refractivity contribution < 1.29 is 31.8 Å². The number of methoxy groups -OCH3 is 1. The summed E-state index contributed by atoms with van der Waals surface area (Å²) in [6.45, 7) is 1.78. The number of nitrogens with zero attached hydrogens (tertiary/aromatic N) is 1. The third-order valence-electron chi connectivity index (χ3n) is 3.45. The number of rotatable bonds is 7. The van der Waals surface area contributed by atoms with Gasteiger partial charge in [0.2, 0.25) is 5.04 Å². The lowest BCUT2D eigenvalue weighted by Gasteiger charge is -2.06. The molecule has 0 unspecified atom stereocenters. The number of ether oxygens (including phenoxy) is 2. The van der Waals surface area contributed by atoms with Crippen LogP contribution in [-0.2, 0) is 28.7 Å². The minimum atomic E-state index is -4.19. The van der Waals surface area contributed by atoms with Gasteiger partial charge < -0.3 is 9.47 Å². The van der Waals surface area contributed by atoms with Crippen molar-refractivity contribution in [2.75, 3.05) is 19.5 Å². The summed E-state index contributed by atoms with van der Waals surface area (Å²) in [5.74, 6) is -1.25. The highest BCUT2D eigenvalue weighted by Gasteiger charge is 2.19. The second-order valence-corrected chi connectivity index (χ2v) is 8.19. The number of hydrogen-bond acceptors (Lipinski definition) is 9. The first-order valence-electron chi connectivity index (χ1n) is 8.35. The summed E-state index contributed by atoms with van der Waals surface area (Å²) in [6, 6.07) is 14.4. The zero-order chi connectivity index (χ0) is 21.3. The predicted molar refractivity (Wildman–Crippen MR) is 108 cm³/mol. The van der Waals surface area contributed by atoms with Crippen LogP contribution in [-0.4, -0.2) is 44.9 Å². The van der Waals surface area contributed by atoms with E-state index in [1.54, 1.807) is 42.5 Å². The Kier molecular flexibility index (Phi) is 8.22. The molecule has 0 spiro atoms. The number of carbonyl (C=O) groups excluding carboxylic acids is 2. The molecule has 154 valence electrons. The Hall–Kier alpha value is -2.85. The standard InChI is InChI=1S/C19H19NO7S2/c1-14-8-10-16(11-9-14)29(23,24)27-20-17(19(22)25-2)28-13-12-26-18(21)15-6-4-3-5-7-15/h3-11H,12-13H2,1-2H3/b20-17-. The Morgan fingerprint density at radius 2 is 1.69 bits per heavy atom. The van der Waals surface area contributed by atoms with Gasteiger partial charge in [-0.15, -0.1) is 0 Å². The third-order valence-corrected chi connectivity index (χ3v) is 5.46. The van der Waals surface area contributed by atoms with E-state index in [2.05, 4.69) is 14.2 Å². The molecular formula is C19H19NO7S2. The molecule has 0 aromatic heterocycles. The van der Waals surface area contributed by atoms with Crippen molar-refractivity contribution in [2.24, 2.45) is 5.16 Å². The number of hydrogen-bond donors (Lipinski definition) is 0. The number of oxime groups is 1. The van der Waals surface area contributed by atoms with Crippen molar-refractivity contribution in [1.29, 1.82) is 0 Å². The van der Waals surface area contributed by atoms with Crippen molar-refractivity contribution in [3.8, 4) is 0 Å². The lowest BCUT2D eigenvalue weighted by molar-refractivity contribution is -0.132. The SMILES string of the molecule is COC(=O)/C(=N/OS(=O)(=O)c1ccc(C)cc1)SCCOC(=O)c1ccccc1. The molecule has 2 aromatic rings. The van der Waals surface area contributed by atoms with Gasteiger partial charge in [0.05, 0.1) is 12.7 Å². The molecule has 0 aliphatic carbocycles. The van der Waals surface area contributed by atoms with E-state index < -0.39 is 22.1 Å². The lowest BCUT2D eigenvalue weighted by atomic mass is 10.2. The molecule has 29 heavy (non-hydrogen) atoms. The molecule has 0 amide bonds. The van der Waals surface area contributed by atoms with E-state index >= 15 is 0 Å². The topological polar surface area (TPSA) is 108 Å². The van der Waals surface area contributed by atoms with Crippen LogP contribution in [0.1, 0.15) is 15.9 Å². The number of carbonyl (C=O) groups is 2. The Labute approximate surface area is 173 Å². The number of benzene rings is 2. The summed E-state index contributed by atoms with van der Waals surface area (Å²) in [5, 5.41) is 3.10. The average molecular weight is 437 g/mol. The monoisotopic (exact) mass is 437 g/mol. The Morgan fingerprint density at radius 1 is 1.03 bits per heavy atom. The molecule has 8 nitrogen and oxygen atoms in total. The van der Waals surface area contributed by atoms with Gasteiger partial charge >= 0.3 is 22.1 Å². The second-order valence-electron chi connectivity index (χ2n) is 5.58. The highest BCUT2D eigenvalue weighted by Crippen LogP contribution is 2.15. The van der Waals surface area contributed by atoms with Crippen LogP contribution in [0.4, 0.5) is 0 Å². The smallest absolute Gasteiger partial charge is 0.366 e. The van der Waals surface area contributed by atoms with Gasteiger partial charge in [-0.2, -0.15) is 8.42 Å². The van der Waals surface area contributed by atoms with Crippen molar-refractivity contribution in [3.63, 3.8) is 0 Å². The predicted octanol–water partition coefficient (Wildman–Crippen LogP) is 2.78. The molecule has 0 aliphatic heterocycles. The molecule has 0 aliphatic rings. The van der Waals surface area contributed by atoms with Crippen LogP contribution in [0.3, 0.4) is 0 Å². The molecule has 0 bridgehead atoms. The maximum absolute atomic E-state index is 12.2. The third kappa shape index (κ3) is 6.91. The molecule has 0 atom stereocenters. The van der Waals surface area contributed by atoms with Gasteiger partial charge in [0, 0.05) is 5.75 Å². The minimum absolute atomic E-state index is 0.0287. The van der Waals surface area contributed by atoms with Crippen LogP contribution in [0.15, 0.2) is 64.6 Å². The molecule has 2 aromatic carbocycles. The van der Waals surface area contributed by atoms with Gasteiger partial charge in [-0.1, -0.05) is 52.8 Å². The maximum Gasteiger partial charge on any atom is 0.366 e. The zero-order valence-corrected chi connectivity index (χ0v) is 17.4. The zero-order valence-electron chi connectivity index (χ0n) is 15.7. The van der Waals surface area contributed by atoms with Crippen molar-refractivity contribution in [2.45, 2.75) is 11.8 Å². The van der Waals surface area contributed by atoms with E-state index in [1.807, 2.05) is 6.92 Å². The summed E-state index contributed by atoms with van der Waals surface area (Å²) in [5.41, 5.74) is 1.27. The summed E-state index contributed by atoms with van der Waals surface area (Å²) in [6.07, 6.45) is 0. The molecule has 10 heteroatoms. The van der Waals surface area contributed by atoms with E-state index in [9.17, 15) is 18.0 Å². The van der Waals surface area contributed by atoms with Crippen molar-refractivity contribution >= 4 is 38.9 Å². The van der Waals surface area contributed by atoms with Crippen LogP contribution in [0.2, 0.25) is 0 Å². The summed E-state index contributed by atoms with van der Waals surface area (Å²) in [7, 11) is -3.06. The molecule has 0 N–H and O–H groups in total. The molecule has 0 saturated heterocycles. The maximum atomic E-state index is 12.2. The lowest BCUT2D eigenvalue weighted by Crippen LogP contribution is -2.16.